The number of unbranched alkanes of at least 4 members (excludes halogenated alkanes) is 1. The van der Waals surface area contributed by atoms with E-state index in [4.69, 9.17) is 0 Å². The Balaban J connectivity index is 0.000000231. The summed E-state index contributed by atoms with van der Waals surface area (Å²) in [6.45, 7) is 20.8. The average Bonchev–Trinajstić information content (AvgIpc) is 3.18. The van der Waals surface area contributed by atoms with Crippen LogP contribution in [0.4, 0.5) is 0 Å². The molecular weight excluding hydrogens is 280 g/mol. The van der Waals surface area contributed by atoms with Crippen LogP contribution in [-0.2, 0) is 0 Å². The van der Waals surface area contributed by atoms with Crippen LogP contribution in [0, 0.1) is 0 Å². The van der Waals surface area contributed by atoms with E-state index in [0.717, 1.165) is 0 Å². The Morgan fingerprint density at radius 3 is 1.13 bits per heavy atom. The number of hydrogen-bond donors (Lipinski definition) is 0. The number of rotatable bonds is 9. The van der Waals surface area contributed by atoms with Crippen molar-refractivity contribution in [2.75, 3.05) is 52.4 Å². The molecule has 0 saturated carbocycles. The van der Waals surface area contributed by atoms with Gasteiger partial charge in [-0.25, -0.2) is 0 Å². The first-order chi connectivity index (χ1) is 11.2. The summed E-state index contributed by atoms with van der Waals surface area (Å²) in [7, 11) is 0. The summed E-state index contributed by atoms with van der Waals surface area (Å²) < 4.78 is 2.89. The minimum absolute atomic E-state index is 1.36. The van der Waals surface area contributed by atoms with Gasteiger partial charge in [-0.15, -0.1) is 0 Å². The zero-order valence-corrected chi connectivity index (χ0v) is 16.9. The van der Waals surface area contributed by atoms with Crippen molar-refractivity contribution in [3.63, 3.8) is 0 Å². The largest absolute Gasteiger partial charge is 0.324 e. The molecule has 0 aliphatic carbocycles. The van der Waals surface area contributed by atoms with Crippen LogP contribution in [0.2, 0.25) is 0 Å². The highest BCUT2D eigenvalue weighted by molar-refractivity contribution is 4.55. The fourth-order valence-corrected chi connectivity index (χ4v) is 5.05. The lowest BCUT2D eigenvalue weighted by Gasteiger charge is -2.34. The zero-order chi connectivity index (χ0) is 17.0. The van der Waals surface area contributed by atoms with Crippen LogP contribution in [0.5, 0.6) is 0 Å². The second-order valence-electron chi connectivity index (χ2n) is 8.24. The molecule has 0 spiro atoms. The molecule has 0 amide bonds. The minimum atomic E-state index is 1.36. The normalized spacial score (nSPS) is 21.9. The van der Waals surface area contributed by atoms with Gasteiger partial charge in [0.25, 0.3) is 0 Å². The van der Waals surface area contributed by atoms with Crippen molar-refractivity contribution in [1.82, 2.24) is 0 Å². The Morgan fingerprint density at radius 1 is 0.478 bits per heavy atom. The van der Waals surface area contributed by atoms with Crippen molar-refractivity contribution in [1.29, 1.82) is 0 Å². The van der Waals surface area contributed by atoms with E-state index in [9.17, 15) is 0 Å². The Kier molecular flexibility index (Phi) is 10.5. The molecule has 2 aliphatic rings. The van der Waals surface area contributed by atoms with Crippen molar-refractivity contribution in [2.45, 2.75) is 85.5 Å². The molecule has 23 heavy (non-hydrogen) atoms. The SMILES string of the molecule is CCCC[N+]1(CCC)CCCC1.CCC[N+]1(CCC)CCCC1. The molecule has 138 valence electrons. The third-order valence-electron chi connectivity index (χ3n) is 6.11. The van der Waals surface area contributed by atoms with E-state index in [1.807, 2.05) is 0 Å². The molecule has 0 atom stereocenters. The first kappa shape index (κ1) is 21.0. The summed E-state index contributed by atoms with van der Waals surface area (Å²) in [5, 5.41) is 0. The second kappa shape index (κ2) is 11.5. The molecule has 2 saturated heterocycles. The van der Waals surface area contributed by atoms with Gasteiger partial charge < -0.3 is 8.97 Å². The Morgan fingerprint density at radius 2 is 0.826 bits per heavy atom. The molecular formula is C21H46N2+2. The molecule has 0 unspecified atom stereocenters. The van der Waals surface area contributed by atoms with Crippen LogP contribution in [-0.4, -0.2) is 61.3 Å². The summed E-state index contributed by atoms with van der Waals surface area (Å²) in [6.07, 6.45) is 12.8. The topological polar surface area (TPSA) is 0 Å². The third kappa shape index (κ3) is 7.13. The molecule has 0 bridgehead atoms. The highest BCUT2D eigenvalue weighted by Crippen LogP contribution is 2.21. The molecule has 0 aromatic heterocycles. The summed E-state index contributed by atoms with van der Waals surface area (Å²) in [4.78, 5) is 0. The fourth-order valence-electron chi connectivity index (χ4n) is 5.05. The van der Waals surface area contributed by atoms with Crippen molar-refractivity contribution < 1.29 is 8.97 Å². The summed E-state index contributed by atoms with van der Waals surface area (Å²) in [5.74, 6) is 0. The second-order valence-corrected chi connectivity index (χ2v) is 8.24. The van der Waals surface area contributed by atoms with Crippen LogP contribution in [0.15, 0.2) is 0 Å². The maximum Gasteiger partial charge on any atom is 0.0788 e. The van der Waals surface area contributed by atoms with E-state index in [-0.39, 0.29) is 0 Å². The van der Waals surface area contributed by atoms with E-state index in [2.05, 4.69) is 27.7 Å². The van der Waals surface area contributed by atoms with Crippen LogP contribution < -0.4 is 0 Å². The molecule has 2 fully saturated rings. The lowest BCUT2D eigenvalue weighted by atomic mass is 10.2. The van der Waals surface area contributed by atoms with Crippen LogP contribution in [0.1, 0.15) is 85.5 Å². The van der Waals surface area contributed by atoms with Crippen LogP contribution in [0.25, 0.3) is 0 Å². The molecule has 0 aromatic rings. The maximum absolute atomic E-state index is 2.32. The van der Waals surface area contributed by atoms with Crippen molar-refractivity contribution in [3.05, 3.63) is 0 Å². The summed E-state index contributed by atoms with van der Waals surface area (Å²) >= 11 is 0. The Labute approximate surface area is 147 Å². The van der Waals surface area contributed by atoms with Gasteiger partial charge >= 0.3 is 0 Å². The van der Waals surface area contributed by atoms with Gasteiger partial charge in [-0.1, -0.05) is 34.1 Å². The highest BCUT2D eigenvalue weighted by Gasteiger charge is 2.30. The van der Waals surface area contributed by atoms with Crippen molar-refractivity contribution in [2.24, 2.45) is 0 Å². The van der Waals surface area contributed by atoms with Gasteiger partial charge in [0, 0.05) is 25.7 Å². The van der Waals surface area contributed by atoms with Gasteiger partial charge in [-0.05, 0) is 25.7 Å². The predicted molar refractivity (Wildman–Crippen MR) is 104 cm³/mol. The van der Waals surface area contributed by atoms with Gasteiger partial charge in [-0.3, -0.25) is 0 Å². The van der Waals surface area contributed by atoms with Gasteiger partial charge in [0.2, 0.25) is 0 Å². The summed E-state index contributed by atoms with van der Waals surface area (Å²) in [5.41, 5.74) is 0. The molecule has 2 heterocycles. The van der Waals surface area contributed by atoms with Crippen molar-refractivity contribution >= 4 is 0 Å². The van der Waals surface area contributed by atoms with Gasteiger partial charge in [0.15, 0.2) is 0 Å². The number of hydrogen-bond acceptors (Lipinski definition) is 0. The van der Waals surface area contributed by atoms with Crippen LogP contribution >= 0.6 is 0 Å². The standard InChI is InChI=1S/C11H24N.C10H22N/c1-3-5-9-12(8-4-2)10-6-7-11-12;1-3-7-11(8-4-2)9-5-6-10-11/h3-11H2,1-2H3;3-10H2,1-2H3/q2*+1. The highest BCUT2D eigenvalue weighted by atomic mass is 15.4. The van der Waals surface area contributed by atoms with Gasteiger partial charge in [0.05, 0.1) is 52.4 Å². The van der Waals surface area contributed by atoms with Crippen LogP contribution in [0.3, 0.4) is 0 Å². The van der Waals surface area contributed by atoms with E-state index in [0.29, 0.717) is 0 Å². The monoisotopic (exact) mass is 326 g/mol. The predicted octanol–water partition coefficient (Wildman–Crippen LogP) is 5.22. The molecule has 2 aliphatic heterocycles. The van der Waals surface area contributed by atoms with E-state index in [1.54, 1.807) is 0 Å². The molecule has 0 radical (unpaired) electrons. The van der Waals surface area contributed by atoms with E-state index >= 15 is 0 Å². The van der Waals surface area contributed by atoms with Gasteiger partial charge in [0.1, 0.15) is 0 Å². The number of quaternary nitrogens is 2. The Bertz CT molecular complexity index is 268. The quantitative estimate of drug-likeness (QED) is 0.509. The smallest absolute Gasteiger partial charge is 0.0788 e. The lowest BCUT2D eigenvalue weighted by molar-refractivity contribution is -0.917. The van der Waals surface area contributed by atoms with E-state index in [1.165, 1.54) is 119 Å². The maximum atomic E-state index is 2.32. The minimum Gasteiger partial charge on any atom is -0.324 e. The molecule has 2 nitrogen and oxygen atoms in total. The molecule has 0 N–H and O–H groups in total. The van der Waals surface area contributed by atoms with Crippen molar-refractivity contribution in [3.8, 4) is 0 Å². The Hall–Kier alpha value is -0.0800. The first-order valence-electron chi connectivity index (χ1n) is 10.9. The average molecular weight is 327 g/mol. The fraction of sp³-hybridized carbons (Fsp3) is 1.00. The lowest BCUT2D eigenvalue weighted by Crippen LogP contribution is -2.46. The first-order valence-corrected chi connectivity index (χ1v) is 10.9. The van der Waals surface area contributed by atoms with Gasteiger partial charge in [-0.2, -0.15) is 0 Å². The molecule has 2 heteroatoms. The zero-order valence-electron chi connectivity index (χ0n) is 16.9. The molecule has 0 aromatic carbocycles. The summed E-state index contributed by atoms with van der Waals surface area (Å²) in [6, 6.07) is 0. The molecule has 2 rings (SSSR count). The number of likely N-dealkylation sites (tertiary alicyclic amines) is 2. The van der Waals surface area contributed by atoms with E-state index < -0.39 is 0 Å². The third-order valence-corrected chi connectivity index (χ3v) is 6.11. The number of nitrogens with zero attached hydrogens (tertiary/aromatic N) is 2.